The van der Waals surface area contributed by atoms with Gasteiger partial charge in [0.05, 0.1) is 24.5 Å². The molecule has 2 heterocycles. The highest BCUT2D eigenvalue weighted by Crippen LogP contribution is 2.36. The van der Waals surface area contributed by atoms with Crippen LogP contribution in [0.4, 0.5) is 5.69 Å². The number of aromatic nitrogens is 1. The van der Waals surface area contributed by atoms with Crippen LogP contribution in [0.5, 0.6) is 5.75 Å². The normalized spacial score (nSPS) is 17.2. The lowest BCUT2D eigenvalue weighted by molar-refractivity contribution is 0.0970. The highest BCUT2D eigenvalue weighted by Gasteiger charge is 2.28. The van der Waals surface area contributed by atoms with Gasteiger partial charge in [0.25, 0.3) is 5.91 Å². The molecule has 1 atom stereocenters. The van der Waals surface area contributed by atoms with Crippen molar-refractivity contribution in [3.05, 3.63) is 53.9 Å². The molecule has 1 N–H and O–H groups in total. The van der Waals surface area contributed by atoms with E-state index in [1.54, 1.807) is 48.7 Å². The predicted molar refractivity (Wildman–Crippen MR) is 78.5 cm³/mol. The number of nitrogens with zero attached hydrogens (tertiary/aromatic N) is 2. The van der Waals surface area contributed by atoms with Gasteiger partial charge in [-0.1, -0.05) is 0 Å². The molecule has 1 aliphatic heterocycles. The molecule has 3 rings (SSSR count). The van der Waals surface area contributed by atoms with E-state index in [0.29, 0.717) is 24.3 Å². The van der Waals surface area contributed by atoms with Crippen LogP contribution in [0.2, 0.25) is 0 Å². The Morgan fingerprint density at radius 2 is 2.29 bits per heavy atom. The fourth-order valence-electron chi connectivity index (χ4n) is 2.56. The van der Waals surface area contributed by atoms with E-state index < -0.39 is 6.10 Å². The number of fused-ring (bicyclic) bond motifs is 1. The van der Waals surface area contributed by atoms with Crippen molar-refractivity contribution in [3.8, 4) is 5.75 Å². The van der Waals surface area contributed by atoms with Crippen molar-refractivity contribution in [2.24, 2.45) is 0 Å². The van der Waals surface area contributed by atoms with Gasteiger partial charge in [-0.3, -0.25) is 9.78 Å². The third kappa shape index (κ3) is 2.48. The molecule has 1 aromatic heterocycles. The quantitative estimate of drug-likeness (QED) is 0.918. The molecule has 21 heavy (non-hydrogen) atoms. The third-order valence-electron chi connectivity index (χ3n) is 3.66. The number of aliphatic hydroxyl groups is 1. The fourth-order valence-corrected chi connectivity index (χ4v) is 2.56. The minimum atomic E-state index is -0.576. The van der Waals surface area contributed by atoms with Crippen LogP contribution in [-0.4, -0.2) is 29.7 Å². The molecule has 0 aliphatic carbocycles. The van der Waals surface area contributed by atoms with Crippen LogP contribution >= 0.6 is 0 Å². The Hall–Kier alpha value is -2.40. The zero-order valence-electron chi connectivity index (χ0n) is 11.7. The zero-order chi connectivity index (χ0) is 14.8. The molecule has 1 aromatic carbocycles. The van der Waals surface area contributed by atoms with Crippen molar-refractivity contribution in [2.45, 2.75) is 12.5 Å². The molecule has 0 fully saturated rings. The topological polar surface area (TPSA) is 62.7 Å². The molecule has 0 spiro atoms. The summed E-state index contributed by atoms with van der Waals surface area (Å²) in [5.74, 6) is 0.560. The predicted octanol–water partition coefficient (Wildman–Crippen LogP) is 2.17. The molecule has 1 unspecified atom stereocenters. The standard InChI is InChI=1S/C16H16N2O3/c1-21-12-4-5-14-13(9-12)15(19)6-8-18(14)16(20)11-3-2-7-17-10-11/h2-5,7,9-10,15,19H,6,8H2,1H3. The summed E-state index contributed by atoms with van der Waals surface area (Å²) < 4.78 is 5.18. The summed E-state index contributed by atoms with van der Waals surface area (Å²) in [6, 6.07) is 8.86. The van der Waals surface area contributed by atoms with Gasteiger partial charge in [-0.25, -0.2) is 0 Å². The molecular formula is C16H16N2O3. The molecule has 0 saturated heterocycles. The Kier molecular flexibility index (Phi) is 3.58. The van der Waals surface area contributed by atoms with Crippen LogP contribution in [0.25, 0.3) is 0 Å². The Labute approximate surface area is 122 Å². The number of anilines is 1. The minimum absolute atomic E-state index is 0.110. The van der Waals surface area contributed by atoms with Crippen LogP contribution in [0.15, 0.2) is 42.7 Å². The van der Waals surface area contributed by atoms with E-state index in [9.17, 15) is 9.90 Å². The summed E-state index contributed by atoms with van der Waals surface area (Å²) in [5, 5.41) is 10.1. The average Bonchev–Trinajstić information content (AvgIpc) is 2.55. The number of pyridine rings is 1. The Morgan fingerprint density at radius 1 is 1.43 bits per heavy atom. The lowest BCUT2D eigenvalue weighted by Crippen LogP contribution is -2.36. The van der Waals surface area contributed by atoms with E-state index in [4.69, 9.17) is 4.74 Å². The van der Waals surface area contributed by atoms with Crippen molar-refractivity contribution >= 4 is 11.6 Å². The lowest BCUT2D eigenvalue weighted by Gasteiger charge is -2.32. The monoisotopic (exact) mass is 284 g/mol. The molecule has 0 bridgehead atoms. The number of carbonyl (C=O) groups excluding carboxylic acids is 1. The number of hydrogen-bond acceptors (Lipinski definition) is 4. The molecule has 108 valence electrons. The van der Waals surface area contributed by atoms with Crippen molar-refractivity contribution < 1.29 is 14.6 Å². The third-order valence-corrected chi connectivity index (χ3v) is 3.66. The molecule has 0 radical (unpaired) electrons. The number of methoxy groups -OCH3 is 1. The van der Waals surface area contributed by atoms with Crippen LogP contribution in [0, 0.1) is 0 Å². The van der Waals surface area contributed by atoms with Gasteiger partial charge in [0.15, 0.2) is 0 Å². The van der Waals surface area contributed by atoms with E-state index in [2.05, 4.69) is 4.98 Å². The number of hydrogen-bond donors (Lipinski definition) is 1. The highest BCUT2D eigenvalue weighted by molar-refractivity contribution is 6.06. The Bertz CT molecular complexity index is 658. The zero-order valence-corrected chi connectivity index (χ0v) is 11.7. The second kappa shape index (κ2) is 5.54. The minimum Gasteiger partial charge on any atom is -0.497 e. The number of ether oxygens (including phenoxy) is 1. The second-order valence-corrected chi connectivity index (χ2v) is 4.93. The van der Waals surface area contributed by atoms with Crippen LogP contribution in [-0.2, 0) is 0 Å². The van der Waals surface area contributed by atoms with Crippen molar-refractivity contribution in [3.63, 3.8) is 0 Å². The number of aliphatic hydroxyl groups excluding tert-OH is 1. The first-order valence-corrected chi connectivity index (χ1v) is 6.78. The van der Waals surface area contributed by atoms with Gasteiger partial charge in [0.1, 0.15) is 5.75 Å². The molecule has 1 amide bonds. The Morgan fingerprint density at radius 3 is 3.00 bits per heavy atom. The van der Waals surface area contributed by atoms with Crippen LogP contribution in [0.3, 0.4) is 0 Å². The summed E-state index contributed by atoms with van der Waals surface area (Å²) in [6.07, 6.45) is 3.12. The van der Waals surface area contributed by atoms with Crippen LogP contribution < -0.4 is 9.64 Å². The van der Waals surface area contributed by atoms with Crippen molar-refractivity contribution in [1.29, 1.82) is 0 Å². The summed E-state index contributed by atoms with van der Waals surface area (Å²) in [4.78, 5) is 18.3. The first kappa shape index (κ1) is 13.6. The lowest BCUT2D eigenvalue weighted by atomic mass is 9.98. The molecule has 5 nitrogen and oxygen atoms in total. The van der Waals surface area contributed by atoms with Crippen LogP contribution in [0.1, 0.15) is 28.4 Å². The first-order valence-electron chi connectivity index (χ1n) is 6.78. The van der Waals surface area contributed by atoms with Crippen molar-refractivity contribution in [2.75, 3.05) is 18.6 Å². The second-order valence-electron chi connectivity index (χ2n) is 4.93. The first-order chi connectivity index (χ1) is 10.2. The van der Waals surface area contributed by atoms with Gasteiger partial charge >= 0.3 is 0 Å². The van der Waals surface area contributed by atoms with E-state index >= 15 is 0 Å². The van der Waals surface area contributed by atoms with Gasteiger partial charge in [0.2, 0.25) is 0 Å². The highest BCUT2D eigenvalue weighted by atomic mass is 16.5. The summed E-state index contributed by atoms with van der Waals surface area (Å²) in [6.45, 7) is 0.480. The number of benzene rings is 1. The largest absolute Gasteiger partial charge is 0.497 e. The summed E-state index contributed by atoms with van der Waals surface area (Å²) in [5.41, 5.74) is 1.98. The van der Waals surface area contributed by atoms with E-state index in [0.717, 1.165) is 11.3 Å². The molecule has 0 saturated carbocycles. The SMILES string of the molecule is COc1ccc2c(c1)C(O)CCN2C(=O)c1cccnc1. The van der Waals surface area contributed by atoms with E-state index in [1.807, 2.05) is 6.07 Å². The maximum absolute atomic E-state index is 12.6. The van der Waals surface area contributed by atoms with Gasteiger partial charge in [0, 0.05) is 24.5 Å². The van der Waals surface area contributed by atoms with Gasteiger partial charge in [-0.05, 0) is 36.8 Å². The number of carbonyl (C=O) groups is 1. The van der Waals surface area contributed by atoms with Gasteiger partial charge in [-0.2, -0.15) is 0 Å². The van der Waals surface area contributed by atoms with E-state index in [-0.39, 0.29) is 5.91 Å². The van der Waals surface area contributed by atoms with Gasteiger partial charge in [-0.15, -0.1) is 0 Å². The summed E-state index contributed by atoms with van der Waals surface area (Å²) in [7, 11) is 1.58. The molecular weight excluding hydrogens is 268 g/mol. The maximum Gasteiger partial charge on any atom is 0.259 e. The number of amides is 1. The van der Waals surface area contributed by atoms with Crippen molar-refractivity contribution in [1.82, 2.24) is 4.98 Å². The molecule has 2 aromatic rings. The smallest absolute Gasteiger partial charge is 0.259 e. The summed E-state index contributed by atoms with van der Waals surface area (Å²) >= 11 is 0. The maximum atomic E-state index is 12.6. The van der Waals surface area contributed by atoms with Gasteiger partial charge < -0.3 is 14.7 Å². The average molecular weight is 284 g/mol. The number of rotatable bonds is 2. The molecule has 5 heteroatoms. The Balaban J connectivity index is 2.00. The molecule has 1 aliphatic rings. The fraction of sp³-hybridized carbons (Fsp3) is 0.250. The van der Waals surface area contributed by atoms with E-state index in [1.165, 1.54) is 0 Å².